The lowest BCUT2D eigenvalue weighted by atomic mass is 10.2. The molecule has 12 nitrogen and oxygen atoms in total. The minimum absolute atomic E-state index is 0.0678. The number of imidazole rings is 1. The zero-order valence-electron chi connectivity index (χ0n) is 16.3. The van der Waals surface area contributed by atoms with Gasteiger partial charge in [0, 0.05) is 19.0 Å². The first-order chi connectivity index (χ1) is 14.2. The van der Waals surface area contributed by atoms with Crippen LogP contribution in [0.1, 0.15) is 19.1 Å². The van der Waals surface area contributed by atoms with Gasteiger partial charge in [0.15, 0.2) is 17.0 Å². The van der Waals surface area contributed by atoms with Crippen LogP contribution in [0, 0.1) is 0 Å². The average Bonchev–Trinajstić information content (AvgIpc) is 3.33. The normalized spacial score (nSPS) is 27.9. The van der Waals surface area contributed by atoms with Crippen molar-refractivity contribution in [3.05, 3.63) is 11.6 Å². The van der Waals surface area contributed by atoms with E-state index in [4.69, 9.17) is 30.9 Å². The Morgan fingerprint density at radius 3 is 2.93 bits per heavy atom. The average molecular weight is 463 g/mol. The molecule has 2 aromatic rings. The van der Waals surface area contributed by atoms with Crippen molar-refractivity contribution in [2.24, 2.45) is 0 Å². The van der Waals surface area contributed by atoms with Gasteiger partial charge in [0.2, 0.25) is 5.28 Å². The summed E-state index contributed by atoms with van der Waals surface area (Å²) in [4.78, 5) is 33.0. The van der Waals surface area contributed by atoms with E-state index in [0.29, 0.717) is 17.0 Å². The maximum absolute atomic E-state index is 10.9. The number of anilines is 1. The first-order valence-electron chi connectivity index (χ1n) is 9.50. The van der Waals surface area contributed by atoms with E-state index in [0.717, 1.165) is 19.5 Å². The summed E-state index contributed by atoms with van der Waals surface area (Å²) in [6, 6.07) is 0.231. The number of likely N-dealkylation sites (N-methyl/N-ethyl adjacent to an activating group) is 1. The minimum atomic E-state index is -4.28. The van der Waals surface area contributed by atoms with Gasteiger partial charge < -0.3 is 34.6 Å². The number of aliphatic hydroxyl groups is 1. The number of hydrogen-bond acceptors (Lipinski definition) is 9. The van der Waals surface area contributed by atoms with Crippen LogP contribution in [-0.4, -0.2) is 90.7 Å². The number of aliphatic hydroxyl groups excluding tert-OH is 1. The molecule has 30 heavy (non-hydrogen) atoms. The molecule has 0 amide bonds. The number of rotatable bonds is 7. The monoisotopic (exact) mass is 462 g/mol. The number of likely N-dealkylation sites (tertiary alicyclic amines) is 1. The fourth-order valence-electron chi connectivity index (χ4n) is 3.77. The van der Waals surface area contributed by atoms with Crippen molar-refractivity contribution < 1.29 is 28.9 Å². The van der Waals surface area contributed by atoms with Crippen molar-refractivity contribution in [3.8, 4) is 0 Å². The Hall–Kier alpha value is -1.37. The molecule has 0 saturated carbocycles. The SMILES string of the molecule is CN1CCC(Nc2nc(Cl)nc3c2ncn3C2C[C@H](O)[C@@H](COCP(=O)(O)O)O2)C1. The predicted molar refractivity (Wildman–Crippen MR) is 107 cm³/mol. The number of aromatic nitrogens is 4. The highest BCUT2D eigenvalue weighted by Crippen LogP contribution is 2.36. The molecule has 2 aliphatic heterocycles. The van der Waals surface area contributed by atoms with Gasteiger partial charge in [-0.15, -0.1) is 0 Å². The lowest BCUT2D eigenvalue weighted by molar-refractivity contribution is -0.0564. The summed E-state index contributed by atoms with van der Waals surface area (Å²) in [6.07, 6.45) is -0.132. The van der Waals surface area contributed by atoms with Gasteiger partial charge in [-0.05, 0) is 31.6 Å². The van der Waals surface area contributed by atoms with Gasteiger partial charge in [-0.3, -0.25) is 9.13 Å². The summed E-state index contributed by atoms with van der Waals surface area (Å²) in [5.74, 6) is 0.545. The van der Waals surface area contributed by atoms with Crippen LogP contribution >= 0.6 is 19.2 Å². The van der Waals surface area contributed by atoms with E-state index in [9.17, 15) is 9.67 Å². The molecular formula is C16H24ClN6O6P. The Bertz CT molecular complexity index is 956. The molecular weight excluding hydrogens is 439 g/mol. The van der Waals surface area contributed by atoms with Crippen molar-refractivity contribution in [2.45, 2.75) is 37.3 Å². The molecule has 2 aliphatic rings. The molecule has 0 radical (unpaired) electrons. The third-order valence-electron chi connectivity index (χ3n) is 5.18. The largest absolute Gasteiger partial charge is 0.390 e. The topological polar surface area (TPSA) is 155 Å². The van der Waals surface area contributed by atoms with E-state index in [1.807, 2.05) is 0 Å². The number of hydrogen-bond donors (Lipinski definition) is 4. The number of fused-ring (bicyclic) bond motifs is 1. The van der Waals surface area contributed by atoms with Crippen LogP contribution in [0.2, 0.25) is 5.28 Å². The molecule has 4 atom stereocenters. The highest BCUT2D eigenvalue weighted by molar-refractivity contribution is 7.51. The molecule has 0 aliphatic carbocycles. The summed E-state index contributed by atoms with van der Waals surface area (Å²) in [7, 11) is -2.22. The van der Waals surface area contributed by atoms with Gasteiger partial charge in [0.1, 0.15) is 18.7 Å². The summed E-state index contributed by atoms with van der Waals surface area (Å²) in [6.45, 7) is 1.73. The number of nitrogens with one attached hydrogen (secondary N) is 1. The van der Waals surface area contributed by atoms with Crippen molar-refractivity contribution in [1.29, 1.82) is 0 Å². The molecule has 4 heterocycles. The minimum Gasteiger partial charge on any atom is -0.390 e. The van der Waals surface area contributed by atoms with Crippen LogP contribution in [-0.2, 0) is 14.0 Å². The Morgan fingerprint density at radius 2 is 2.23 bits per heavy atom. The second-order valence-electron chi connectivity index (χ2n) is 7.65. The molecule has 166 valence electrons. The van der Waals surface area contributed by atoms with Gasteiger partial charge in [-0.1, -0.05) is 0 Å². The maximum Gasteiger partial charge on any atom is 0.350 e. The summed E-state index contributed by atoms with van der Waals surface area (Å²) < 4.78 is 23.4. The third-order valence-corrected chi connectivity index (χ3v) is 5.87. The molecule has 0 spiro atoms. The van der Waals surface area contributed by atoms with E-state index >= 15 is 0 Å². The molecule has 2 fully saturated rings. The van der Waals surface area contributed by atoms with E-state index < -0.39 is 32.4 Å². The quantitative estimate of drug-likeness (QED) is 0.333. The van der Waals surface area contributed by atoms with Gasteiger partial charge in [0.05, 0.1) is 19.0 Å². The second-order valence-corrected chi connectivity index (χ2v) is 9.58. The van der Waals surface area contributed by atoms with Gasteiger partial charge in [0.25, 0.3) is 0 Å². The summed E-state index contributed by atoms with van der Waals surface area (Å²) in [5.41, 5.74) is 1.02. The van der Waals surface area contributed by atoms with E-state index in [1.54, 1.807) is 10.9 Å². The van der Waals surface area contributed by atoms with Crippen molar-refractivity contribution >= 4 is 36.2 Å². The highest BCUT2D eigenvalue weighted by Gasteiger charge is 2.36. The van der Waals surface area contributed by atoms with Crippen molar-refractivity contribution in [1.82, 2.24) is 24.4 Å². The Morgan fingerprint density at radius 1 is 1.43 bits per heavy atom. The molecule has 0 bridgehead atoms. The van der Waals surface area contributed by atoms with E-state index in [2.05, 4.69) is 32.2 Å². The smallest absolute Gasteiger partial charge is 0.350 e. The maximum atomic E-state index is 10.9. The first kappa shape index (κ1) is 21.8. The second kappa shape index (κ2) is 8.64. The fraction of sp³-hybridized carbons (Fsp3) is 0.688. The standard InChI is InChI=1S/C16H24ClN6O6P/c1-22-3-2-9(5-22)19-14-13-15(21-16(17)20-14)23(7-18-13)12-4-10(24)11(29-12)6-28-8-30(25,26)27/h7,9-12,24H,2-6,8H2,1H3,(H,19,20,21)(H2,25,26,27)/t9?,10-,11+,12?/m0/s1. The predicted octanol–water partition coefficient (Wildman–Crippen LogP) is 0.396. The lowest BCUT2D eigenvalue weighted by Crippen LogP contribution is -2.26. The molecule has 2 unspecified atom stereocenters. The van der Waals surface area contributed by atoms with Crippen LogP contribution in [0.15, 0.2) is 6.33 Å². The highest BCUT2D eigenvalue weighted by atomic mass is 35.5. The number of halogens is 1. The Kier molecular flexibility index (Phi) is 6.29. The van der Waals surface area contributed by atoms with Crippen molar-refractivity contribution in [3.63, 3.8) is 0 Å². The van der Waals surface area contributed by atoms with Gasteiger partial charge in [-0.25, -0.2) is 4.98 Å². The molecule has 4 N–H and O–H groups in total. The van der Waals surface area contributed by atoms with E-state index in [-0.39, 0.29) is 24.4 Å². The molecule has 0 aromatic carbocycles. The molecule has 2 saturated heterocycles. The molecule has 2 aromatic heterocycles. The van der Waals surface area contributed by atoms with Crippen LogP contribution in [0.25, 0.3) is 11.2 Å². The Balaban J connectivity index is 1.50. The van der Waals surface area contributed by atoms with Crippen LogP contribution in [0.4, 0.5) is 5.82 Å². The first-order valence-corrected chi connectivity index (χ1v) is 11.7. The number of ether oxygens (including phenoxy) is 2. The van der Waals surface area contributed by atoms with Crippen LogP contribution in [0.3, 0.4) is 0 Å². The van der Waals surface area contributed by atoms with Crippen LogP contribution in [0.5, 0.6) is 0 Å². The zero-order valence-corrected chi connectivity index (χ0v) is 17.9. The summed E-state index contributed by atoms with van der Waals surface area (Å²) in [5, 5.41) is 13.7. The van der Waals surface area contributed by atoms with Crippen molar-refractivity contribution in [2.75, 3.05) is 38.4 Å². The summed E-state index contributed by atoms with van der Waals surface area (Å²) >= 11 is 6.14. The van der Waals surface area contributed by atoms with Gasteiger partial charge >= 0.3 is 7.60 Å². The lowest BCUT2D eigenvalue weighted by Gasteiger charge is -2.16. The number of nitrogens with zero attached hydrogens (tertiary/aromatic N) is 5. The van der Waals surface area contributed by atoms with Crippen LogP contribution < -0.4 is 5.32 Å². The third kappa shape index (κ3) is 4.92. The molecule has 14 heteroatoms. The Labute approximate surface area is 177 Å². The zero-order chi connectivity index (χ0) is 21.5. The fourth-order valence-corrected chi connectivity index (χ4v) is 4.28. The van der Waals surface area contributed by atoms with E-state index in [1.165, 1.54) is 0 Å². The van der Waals surface area contributed by atoms with Gasteiger partial charge in [-0.2, -0.15) is 9.97 Å². The molecule has 4 rings (SSSR count).